The molecule has 0 radical (unpaired) electrons. The maximum Gasteiger partial charge on any atom is 0.0991 e. The molecule has 0 bridgehead atoms. The molecule has 0 N–H and O–H groups in total. The van der Waals surface area contributed by atoms with Crippen LogP contribution < -0.4 is 0 Å². The maximum absolute atomic E-state index is 9.26. The summed E-state index contributed by atoms with van der Waals surface area (Å²) in [4.78, 5) is 4.90. The summed E-state index contributed by atoms with van der Waals surface area (Å²) in [6.07, 6.45) is 6.56. The predicted octanol–water partition coefficient (Wildman–Crippen LogP) is 12.6. The molecule has 1 spiro atoms. The molecule has 2 heteroatoms. The minimum absolute atomic E-state index is 0.561. The number of rotatable bonds is 2. The van der Waals surface area contributed by atoms with Crippen LogP contribution in [0.15, 0.2) is 170 Å². The van der Waals surface area contributed by atoms with Gasteiger partial charge in [0.1, 0.15) is 0 Å². The fraction of sp³-hybridized carbons (Fsp3) is 0.0196. The summed E-state index contributed by atoms with van der Waals surface area (Å²) in [5.74, 6) is 0. The van der Waals surface area contributed by atoms with E-state index < -0.39 is 5.41 Å². The zero-order valence-corrected chi connectivity index (χ0v) is 28.7. The molecule has 0 saturated heterocycles. The van der Waals surface area contributed by atoms with Crippen LogP contribution in [-0.2, 0) is 5.41 Å². The summed E-state index contributed by atoms with van der Waals surface area (Å²) in [7, 11) is 0. The van der Waals surface area contributed by atoms with Gasteiger partial charge in [-0.25, -0.2) is 0 Å². The molecule has 1 unspecified atom stereocenters. The molecule has 2 aliphatic carbocycles. The largest absolute Gasteiger partial charge is 0.256 e. The fourth-order valence-electron chi connectivity index (χ4n) is 9.22. The highest BCUT2D eigenvalue weighted by Gasteiger charge is 2.48. The molecule has 8 aromatic carbocycles. The minimum atomic E-state index is -0.561. The molecule has 0 amide bonds. The summed E-state index contributed by atoms with van der Waals surface area (Å²) in [5, 5.41) is 16.9. The summed E-state index contributed by atoms with van der Waals surface area (Å²) in [6.45, 7) is 0. The molecular formula is C51H30N2. The van der Waals surface area contributed by atoms with E-state index in [1.165, 1.54) is 76.8 Å². The molecule has 2 nitrogen and oxygen atoms in total. The summed E-state index contributed by atoms with van der Waals surface area (Å²) in [6, 6.07) is 61.7. The van der Waals surface area contributed by atoms with Gasteiger partial charge in [-0.15, -0.1) is 0 Å². The SMILES string of the molecule is N#Cc1ccc(-c2ccc(-c3ccc4c(c3)C3(c5ccccc5C=C4)c4ccccc4-c4cc5c6ccccc6c6ccccc6c5cc43)cn2)cc1. The molecule has 1 aromatic heterocycles. The van der Waals surface area contributed by atoms with Crippen LogP contribution in [0.3, 0.4) is 0 Å². The van der Waals surface area contributed by atoms with Crippen molar-refractivity contribution in [1.29, 1.82) is 5.26 Å². The number of nitrogens with zero attached hydrogens (tertiary/aromatic N) is 2. The Morgan fingerprint density at radius 1 is 0.415 bits per heavy atom. The third kappa shape index (κ3) is 4.17. The van der Waals surface area contributed by atoms with Gasteiger partial charge in [-0.2, -0.15) is 5.26 Å². The minimum Gasteiger partial charge on any atom is -0.256 e. The van der Waals surface area contributed by atoms with E-state index in [-0.39, 0.29) is 0 Å². The lowest BCUT2D eigenvalue weighted by Crippen LogP contribution is -2.30. The van der Waals surface area contributed by atoms with Crippen molar-refractivity contribution in [2.24, 2.45) is 0 Å². The second-order valence-electron chi connectivity index (χ2n) is 14.2. The second kappa shape index (κ2) is 11.2. The van der Waals surface area contributed by atoms with Crippen molar-refractivity contribution < 1.29 is 0 Å². The molecule has 0 fully saturated rings. The van der Waals surface area contributed by atoms with Gasteiger partial charge < -0.3 is 0 Å². The highest BCUT2D eigenvalue weighted by molar-refractivity contribution is 6.26. The number of aromatic nitrogens is 1. The van der Waals surface area contributed by atoms with Crippen LogP contribution in [0.1, 0.15) is 38.9 Å². The van der Waals surface area contributed by atoms with Crippen molar-refractivity contribution in [2.45, 2.75) is 5.41 Å². The van der Waals surface area contributed by atoms with E-state index in [0.717, 1.165) is 22.4 Å². The fourth-order valence-corrected chi connectivity index (χ4v) is 9.22. The standard InChI is InChI=1S/C51H30N2/c52-30-32-17-19-35(20-18-32)50-26-25-37(31-53-50)36-24-23-34-22-21-33-9-1-7-15-46(33)51(48(34)27-36)47-16-8-6-14-42(47)45-28-43-40-12-4-2-10-38(40)39-11-3-5-13-41(39)44(43)29-49(45)51/h1-29,31H. The second-order valence-corrected chi connectivity index (χ2v) is 14.2. The van der Waals surface area contributed by atoms with Crippen molar-refractivity contribution in [1.82, 2.24) is 4.98 Å². The first kappa shape index (κ1) is 29.6. The summed E-state index contributed by atoms with van der Waals surface area (Å²) in [5.41, 5.74) is 14.3. The van der Waals surface area contributed by atoms with E-state index in [0.29, 0.717) is 5.56 Å². The first-order chi connectivity index (χ1) is 26.2. The van der Waals surface area contributed by atoms with Gasteiger partial charge in [0, 0.05) is 17.3 Å². The highest BCUT2D eigenvalue weighted by atomic mass is 14.7. The van der Waals surface area contributed by atoms with Crippen LogP contribution in [0.4, 0.5) is 0 Å². The van der Waals surface area contributed by atoms with E-state index in [9.17, 15) is 5.26 Å². The Bertz CT molecular complexity index is 3050. The van der Waals surface area contributed by atoms with E-state index >= 15 is 0 Å². The number of hydrogen-bond donors (Lipinski definition) is 0. The Morgan fingerprint density at radius 3 is 1.70 bits per heavy atom. The predicted molar refractivity (Wildman–Crippen MR) is 219 cm³/mol. The maximum atomic E-state index is 9.26. The number of pyridine rings is 1. The molecule has 9 aromatic rings. The molecule has 1 atom stereocenters. The normalized spacial score (nSPS) is 15.2. The molecule has 2 aliphatic rings. The molecule has 0 saturated carbocycles. The Balaban J connectivity index is 1.21. The molecular weight excluding hydrogens is 641 g/mol. The smallest absolute Gasteiger partial charge is 0.0991 e. The zero-order chi connectivity index (χ0) is 35.1. The third-order valence-electron chi connectivity index (χ3n) is 11.6. The Morgan fingerprint density at radius 2 is 1.00 bits per heavy atom. The van der Waals surface area contributed by atoms with Crippen LogP contribution in [0.2, 0.25) is 0 Å². The molecule has 11 rings (SSSR count). The van der Waals surface area contributed by atoms with Crippen LogP contribution in [0.5, 0.6) is 0 Å². The first-order valence-corrected chi connectivity index (χ1v) is 18.1. The number of nitriles is 1. The summed E-state index contributed by atoms with van der Waals surface area (Å²) < 4.78 is 0. The van der Waals surface area contributed by atoms with E-state index in [4.69, 9.17) is 4.98 Å². The molecule has 1 heterocycles. The van der Waals surface area contributed by atoms with Gasteiger partial charge in [0.2, 0.25) is 0 Å². The topological polar surface area (TPSA) is 36.7 Å². The number of benzene rings is 8. The van der Waals surface area contributed by atoms with Crippen molar-refractivity contribution in [3.05, 3.63) is 209 Å². The lowest BCUT2D eigenvalue weighted by atomic mass is 9.65. The lowest BCUT2D eigenvalue weighted by molar-refractivity contribution is 0.768. The Hall–Kier alpha value is -7.08. The van der Waals surface area contributed by atoms with Crippen molar-refractivity contribution in [3.8, 4) is 39.6 Å². The average Bonchev–Trinajstić information content (AvgIpc) is 3.43. The van der Waals surface area contributed by atoms with Gasteiger partial charge >= 0.3 is 0 Å². The number of fused-ring (bicyclic) bond motifs is 15. The first-order valence-electron chi connectivity index (χ1n) is 18.1. The van der Waals surface area contributed by atoms with E-state index in [1.807, 2.05) is 30.5 Å². The quantitative estimate of drug-likeness (QED) is 0.172. The molecule has 244 valence electrons. The van der Waals surface area contributed by atoms with Crippen LogP contribution in [-0.4, -0.2) is 4.98 Å². The van der Waals surface area contributed by atoms with Gasteiger partial charge in [-0.1, -0.05) is 140 Å². The van der Waals surface area contributed by atoms with Crippen molar-refractivity contribution >= 4 is 44.5 Å². The summed E-state index contributed by atoms with van der Waals surface area (Å²) >= 11 is 0. The van der Waals surface area contributed by atoms with Gasteiger partial charge in [0.25, 0.3) is 0 Å². The van der Waals surface area contributed by atoms with Gasteiger partial charge in [0.15, 0.2) is 0 Å². The lowest BCUT2D eigenvalue weighted by Gasteiger charge is -2.36. The zero-order valence-electron chi connectivity index (χ0n) is 28.7. The van der Waals surface area contributed by atoms with Gasteiger partial charge in [-0.3, -0.25) is 4.98 Å². The van der Waals surface area contributed by atoms with Crippen molar-refractivity contribution in [2.75, 3.05) is 0 Å². The average molecular weight is 671 g/mol. The van der Waals surface area contributed by atoms with E-state index in [2.05, 4.69) is 158 Å². The van der Waals surface area contributed by atoms with Crippen LogP contribution >= 0.6 is 0 Å². The third-order valence-corrected chi connectivity index (χ3v) is 11.6. The monoisotopic (exact) mass is 670 g/mol. The van der Waals surface area contributed by atoms with Gasteiger partial charge in [0.05, 0.1) is 22.7 Å². The van der Waals surface area contributed by atoms with E-state index in [1.54, 1.807) is 0 Å². The van der Waals surface area contributed by atoms with Crippen LogP contribution in [0, 0.1) is 11.3 Å². The van der Waals surface area contributed by atoms with Gasteiger partial charge in [-0.05, 0) is 119 Å². The molecule has 53 heavy (non-hydrogen) atoms. The molecule has 0 aliphatic heterocycles. The highest BCUT2D eigenvalue weighted by Crippen LogP contribution is 2.60. The Kier molecular flexibility index (Phi) is 6.27. The van der Waals surface area contributed by atoms with Crippen LogP contribution in [0.25, 0.3) is 78.0 Å². The Labute approximate surface area is 307 Å². The number of hydrogen-bond acceptors (Lipinski definition) is 2. The van der Waals surface area contributed by atoms with Crippen molar-refractivity contribution in [3.63, 3.8) is 0 Å².